The number of likely N-dealkylation sites (N-methyl/N-ethyl adjacent to an activating group) is 1. The molecule has 0 saturated carbocycles. The molecule has 1 saturated heterocycles. The number of carbonyl (C=O) groups is 1. The van der Waals surface area contributed by atoms with Gasteiger partial charge in [-0.25, -0.2) is 13.1 Å². The van der Waals surface area contributed by atoms with Crippen LogP contribution in [0.15, 0.2) is 29.2 Å². The fourth-order valence-corrected chi connectivity index (χ4v) is 3.98. The molecule has 2 N–H and O–H groups in total. The summed E-state index contributed by atoms with van der Waals surface area (Å²) in [4.78, 5) is 13.5. The number of piperidine rings is 1. The third kappa shape index (κ3) is 4.53. The molecule has 7 heteroatoms. The zero-order chi connectivity index (χ0) is 16.2. The highest BCUT2D eigenvalue weighted by molar-refractivity contribution is 7.89. The Morgan fingerprint density at radius 3 is 2.86 bits per heavy atom. The average Bonchev–Trinajstić information content (AvgIpc) is 2.46. The first-order valence-electron chi connectivity index (χ1n) is 7.53. The van der Waals surface area contributed by atoms with Crippen LogP contribution in [0.3, 0.4) is 0 Å². The van der Waals surface area contributed by atoms with Gasteiger partial charge in [0.2, 0.25) is 15.9 Å². The van der Waals surface area contributed by atoms with Crippen molar-refractivity contribution < 1.29 is 13.2 Å². The molecule has 6 nitrogen and oxygen atoms in total. The summed E-state index contributed by atoms with van der Waals surface area (Å²) in [6.07, 6.45) is 1.84. The highest BCUT2D eigenvalue weighted by Crippen LogP contribution is 2.18. The van der Waals surface area contributed by atoms with E-state index in [9.17, 15) is 13.2 Å². The van der Waals surface area contributed by atoms with E-state index in [0.717, 1.165) is 32.5 Å². The Kier molecular flexibility index (Phi) is 5.55. The van der Waals surface area contributed by atoms with Gasteiger partial charge in [-0.15, -0.1) is 0 Å². The first-order valence-corrected chi connectivity index (χ1v) is 9.01. The number of likely N-dealkylation sites (tertiary alicyclic amines) is 1. The number of sulfonamides is 1. The Morgan fingerprint density at radius 2 is 2.18 bits per heavy atom. The smallest absolute Gasteiger partial charge is 0.240 e. The standard InChI is InChI=1S/C15H23N3O3S/c1-3-18-9-5-7-14(11-18)17-22(20,21)15-8-4-6-13(10-15)16-12(2)19/h4,6,8,10,14,17H,3,5,7,9,11H2,1-2H3,(H,16,19)/t14-/m0/s1. The van der Waals surface area contributed by atoms with E-state index in [0.29, 0.717) is 5.69 Å². The normalized spacial score (nSPS) is 19.8. The fraction of sp³-hybridized carbons (Fsp3) is 0.533. The Labute approximate surface area is 131 Å². The lowest BCUT2D eigenvalue weighted by Gasteiger charge is -2.32. The van der Waals surface area contributed by atoms with E-state index in [1.54, 1.807) is 12.1 Å². The molecule has 0 aromatic heterocycles. The van der Waals surface area contributed by atoms with Crippen LogP contribution in [0.25, 0.3) is 0 Å². The van der Waals surface area contributed by atoms with Crippen LogP contribution in [0.1, 0.15) is 26.7 Å². The molecule has 1 atom stereocenters. The maximum atomic E-state index is 12.5. The Morgan fingerprint density at radius 1 is 1.41 bits per heavy atom. The summed E-state index contributed by atoms with van der Waals surface area (Å²) in [7, 11) is -3.58. The lowest BCUT2D eigenvalue weighted by molar-refractivity contribution is -0.114. The van der Waals surface area contributed by atoms with Gasteiger partial charge in [-0.1, -0.05) is 13.0 Å². The van der Waals surface area contributed by atoms with E-state index in [-0.39, 0.29) is 16.8 Å². The topological polar surface area (TPSA) is 78.5 Å². The Balaban J connectivity index is 2.11. The van der Waals surface area contributed by atoms with E-state index < -0.39 is 10.0 Å². The predicted molar refractivity (Wildman–Crippen MR) is 86.2 cm³/mol. The molecular formula is C15H23N3O3S. The predicted octanol–water partition coefficient (Wildman–Crippen LogP) is 1.41. The van der Waals surface area contributed by atoms with Crippen LogP contribution < -0.4 is 10.0 Å². The molecule has 0 spiro atoms. The zero-order valence-electron chi connectivity index (χ0n) is 13.0. The van der Waals surface area contributed by atoms with Gasteiger partial charge in [-0.3, -0.25) is 4.79 Å². The largest absolute Gasteiger partial charge is 0.326 e. The average molecular weight is 325 g/mol. The maximum absolute atomic E-state index is 12.5. The highest BCUT2D eigenvalue weighted by Gasteiger charge is 2.24. The third-order valence-corrected chi connectivity index (χ3v) is 5.26. The van der Waals surface area contributed by atoms with Crippen LogP contribution in [0.4, 0.5) is 5.69 Å². The van der Waals surface area contributed by atoms with Gasteiger partial charge in [-0.2, -0.15) is 0 Å². The summed E-state index contributed by atoms with van der Waals surface area (Å²) in [5, 5.41) is 2.60. The molecule has 1 aliphatic heterocycles. The molecule has 0 radical (unpaired) electrons. The van der Waals surface area contributed by atoms with Gasteiger partial charge in [0.1, 0.15) is 0 Å². The van der Waals surface area contributed by atoms with Crippen LogP contribution >= 0.6 is 0 Å². The maximum Gasteiger partial charge on any atom is 0.240 e. The van der Waals surface area contributed by atoms with E-state index in [1.165, 1.54) is 19.1 Å². The van der Waals surface area contributed by atoms with Gasteiger partial charge < -0.3 is 10.2 Å². The van der Waals surface area contributed by atoms with Crippen LogP contribution in [-0.4, -0.2) is 44.9 Å². The molecule has 1 heterocycles. The number of hydrogen-bond donors (Lipinski definition) is 2. The molecule has 1 fully saturated rings. The summed E-state index contributed by atoms with van der Waals surface area (Å²) in [6, 6.07) is 6.24. The van der Waals surface area contributed by atoms with Gasteiger partial charge >= 0.3 is 0 Å². The van der Waals surface area contributed by atoms with Crippen LogP contribution in [0.5, 0.6) is 0 Å². The summed E-state index contributed by atoms with van der Waals surface area (Å²) in [5.74, 6) is -0.228. The minimum Gasteiger partial charge on any atom is -0.326 e. The molecule has 0 bridgehead atoms. The van der Waals surface area contributed by atoms with Crippen LogP contribution in [0.2, 0.25) is 0 Å². The number of anilines is 1. The van der Waals surface area contributed by atoms with Crippen molar-refractivity contribution in [3.8, 4) is 0 Å². The third-order valence-electron chi connectivity index (χ3n) is 3.74. The SMILES string of the molecule is CCN1CCC[C@H](NS(=O)(=O)c2cccc(NC(C)=O)c2)C1. The van der Waals surface area contributed by atoms with Crippen molar-refractivity contribution in [3.63, 3.8) is 0 Å². The summed E-state index contributed by atoms with van der Waals surface area (Å²) < 4.78 is 27.8. The molecule has 1 amide bonds. The molecule has 1 aromatic carbocycles. The summed E-state index contributed by atoms with van der Waals surface area (Å²) in [5.41, 5.74) is 0.481. The second kappa shape index (κ2) is 7.21. The van der Waals surface area contributed by atoms with Gasteiger partial charge in [0.25, 0.3) is 0 Å². The van der Waals surface area contributed by atoms with Crippen molar-refractivity contribution in [3.05, 3.63) is 24.3 Å². The zero-order valence-corrected chi connectivity index (χ0v) is 13.8. The van der Waals surface area contributed by atoms with Crippen molar-refractivity contribution in [1.82, 2.24) is 9.62 Å². The molecule has 1 aromatic rings. The number of benzene rings is 1. The number of carbonyl (C=O) groups excluding carboxylic acids is 1. The van der Waals surface area contributed by atoms with Crippen molar-refractivity contribution in [2.45, 2.75) is 37.6 Å². The molecule has 1 aliphatic rings. The van der Waals surface area contributed by atoms with E-state index in [1.807, 2.05) is 0 Å². The van der Waals surface area contributed by atoms with E-state index in [2.05, 4.69) is 21.9 Å². The summed E-state index contributed by atoms with van der Waals surface area (Å²) in [6.45, 7) is 6.15. The minimum atomic E-state index is -3.58. The second-order valence-electron chi connectivity index (χ2n) is 5.56. The van der Waals surface area contributed by atoms with Crippen LogP contribution in [-0.2, 0) is 14.8 Å². The first-order chi connectivity index (χ1) is 10.4. The van der Waals surface area contributed by atoms with E-state index in [4.69, 9.17) is 0 Å². The molecular weight excluding hydrogens is 302 g/mol. The lowest BCUT2D eigenvalue weighted by atomic mass is 10.1. The molecule has 2 rings (SSSR count). The van der Waals surface area contributed by atoms with Crippen molar-refractivity contribution >= 4 is 21.6 Å². The van der Waals surface area contributed by atoms with Gasteiger partial charge in [0.15, 0.2) is 0 Å². The number of hydrogen-bond acceptors (Lipinski definition) is 4. The fourth-order valence-electron chi connectivity index (χ4n) is 2.67. The van der Waals surface area contributed by atoms with Crippen molar-refractivity contribution in [2.24, 2.45) is 0 Å². The van der Waals surface area contributed by atoms with Crippen LogP contribution in [0, 0.1) is 0 Å². The van der Waals surface area contributed by atoms with E-state index >= 15 is 0 Å². The molecule has 0 aliphatic carbocycles. The number of rotatable bonds is 5. The quantitative estimate of drug-likeness (QED) is 0.858. The molecule has 0 unspecified atom stereocenters. The summed E-state index contributed by atoms with van der Waals surface area (Å²) >= 11 is 0. The highest BCUT2D eigenvalue weighted by atomic mass is 32.2. The van der Waals surface area contributed by atoms with Gasteiger partial charge in [0.05, 0.1) is 4.90 Å². The minimum absolute atomic E-state index is 0.0666. The van der Waals surface area contributed by atoms with Crippen molar-refractivity contribution in [1.29, 1.82) is 0 Å². The Bertz CT molecular complexity index is 631. The molecule has 122 valence electrons. The second-order valence-corrected chi connectivity index (χ2v) is 7.28. The number of nitrogens with one attached hydrogen (secondary N) is 2. The Hall–Kier alpha value is -1.44. The van der Waals surface area contributed by atoms with Gasteiger partial charge in [0, 0.05) is 25.2 Å². The van der Waals surface area contributed by atoms with Crippen molar-refractivity contribution in [2.75, 3.05) is 25.0 Å². The van der Waals surface area contributed by atoms with Gasteiger partial charge in [-0.05, 0) is 44.1 Å². The first kappa shape index (κ1) is 16.9. The number of amides is 1. The number of nitrogens with zero attached hydrogens (tertiary/aromatic N) is 1. The monoisotopic (exact) mass is 325 g/mol. The lowest BCUT2D eigenvalue weighted by Crippen LogP contribution is -2.47. The molecule has 22 heavy (non-hydrogen) atoms.